The number of hydrogen-bond acceptors (Lipinski definition) is 0. The first-order chi connectivity index (χ1) is 6.61. The van der Waals surface area contributed by atoms with E-state index in [0.29, 0.717) is 0 Å². The van der Waals surface area contributed by atoms with Gasteiger partial charge in [0.15, 0.2) is 0 Å². The van der Waals surface area contributed by atoms with Crippen LogP contribution in [0.2, 0.25) is 0 Å². The summed E-state index contributed by atoms with van der Waals surface area (Å²) in [5.41, 5.74) is 0. The molecule has 94 valence electrons. The minimum atomic E-state index is -6.17. The van der Waals surface area contributed by atoms with E-state index >= 15 is 0 Å². The van der Waals surface area contributed by atoms with Gasteiger partial charge in [-0.25, -0.2) is 8.78 Å². The molecule has 0 aliphatic heterocycles. The maximum absolute atomic E-state index is 11.2. The van der Waals surface area contributed by atoms with E-state index in [4.69, 9.17) is 0 Å². The van der Waals surface area contributed by atoms with Crippen LogP contribution in [0.15, 0.2) is 0 Å². The van der Waals surface area contributed by atoms with Crippen LogP contribution in [-0.4, -0.2) is 25.2 Å². The second-order valence-corrected chi connectivity index (χ2v) is 2.46. The lowest BCUT2D eigenvalue weighted by molar-refractivity contribution is -0.320. The highest BCUT2D eigenvalue weighted by atomic mass is 19.4. The molecule has 0 aliphatic rings. The van der Waals surface area contributed by atoms with Crippen molar-refractivity contribution in [2.24, 2.45) is 0 Å². The first-order valence-corrected chi connectivity index (χ1v) is 3.89. The quantitative estimate of drug-likeness (QED) is 0.654. The van der Waals surface area contributed by atoms with Crippen LogP contribution in [-0.2, 0) is 0 Å². The van der Waals surface area contributed by atoms with Crippen molar-refractivity contribution < 1.29 is 35.1 Å². The molecule has 0 bridgehead atoms. The highest BCUT2D eigenvalue weighted by molar-refractivity contribution is 4.77. The van der Waals surface area contributed by atoms with Gasteiger partial charge in [-0.1, -0.05) is 13.3 Å². The molecule has 0 N–H and O–H groups in total. The minimum Gasteiger partial charge on any atom is -0.251 e. The van der Waals surface area contributed by atoms with Gasteiger partial charge in [0.1, 0.15) is 0 Å². The molecule has 0 aromatic heterocycles. The number of rotatable bonds is 3. The number of halogens is 8. The molecule has 0 saturated carbocycles. The Bertz CT molecular complexity index is 148. The van der Waals surface area contributed by atoms with E-state index in [1.807, 2.05) is 6.92 Å². The zero-order valence-electron chi connectivity index (χ0n) is 7.72. The Morgan fingerprint density at radius 2 is 1.40 bits per heavy atom. The van der Waals surface area contributed by atoms with Gasteiger partial charge >= 0.3 is 18.5 Å². The summed E-state index contributed by atoms with van der Waals surface area (Å²) in [6, 6.07) is 0. The van der Waals surface area contributed by atoms with Crippen LogP contribution in [0, 0.1) is 0 Å². The Kier molecular flexibility index (Phi) is 7.68. The first kappa shape index (κ1) is 16.9. The summed E-state index contributed by atoms with van der Waals surface area (Å²) in [6.07, 6.45) is -9.18. The Hall–Kier alpha value is -0.560. The second kappa shape index (κ2) is 6.84. The third-order valence-electron chi connectivity index (χ3n) is 1.14. The Labute approximate surface area is 81.3 Å². The fraction of sp³-hybridized carbons (Fsp3) is 1.00. The molecule has 0 amide bonds. The zero-order valence-corrected chi connectivity index (χ0v) is 7.72. The molecule has 0 spiro atoms. The van der Waals surface area contributed by atoms with E-state index in [9.17, 15) is 35.1 Å². The second-order valence-electron chi connectivity index (χ2n) is 2.46. The Morgan fingerprint density at radius 1 is 1.00 bits per heavy atom. The first-order valence-electron chi connectivity index (χ1n) is 3.89. The molecule has 0 aromatic rings. The molecule has 15 heavy (non-hydrogen) atoms. The highest BCUT2D eigenvalue weighted by Crippen LogP contribution is 2.39. The van der Waals surface area contributed by atoms with Crippen molar-refractivity contribution in [3.05, 3.63) is 0 Å². The Morgan fingerprint density at radius 3 is 1.40 bits per heavy atom. The van der Waals surface area contributed by atoms with Crippen molar-refractivity contribution in [2.75, 3.05) is 6.67 Å². The maximum atomic E-state index is 11.2. The van der Waals surface area contributed by atoms with E-state index in [1.54, 1.807) is 0 Å². The van der Waals surface area contributed by atoms with Gasteiger partial charge in [-0.15, -0.1) is 0 Å². The molecule has 0 aromatic carbocycles. The summed E-state index contributed by atoms with van der Waals surface area (Å²) >= 11 is 0. The minimum absolute atomic E-state index is 0.156. The Balaban J connectivity index is 0. The fourth-order valence-electron chi connectivity index (χ4n) is 0.257. The smallest absolute Gasteiger partial charge is 0.251 e. The number of unbranched alkanes of at least 4 members (excludes halogenated alkanes) is 1. The normalized spacial score (nSPS) is 12.4. The van der Waals surface area contributed by atoms with Gasteiger partial charge in [0, 0.05) is 0 Å². The van der Waals surface area contributed by atoms with Crippen molar-refractivity contribution in [1.29, 1.82) is 0 Å². The highest BCUT2D eigenvalue weighted by Gasteiger charge is 2.64. The summed E-state index contributed by atoms with van der Waals surface area (Å²) in [6.45, 7) is 1.82. The largest absolute Gasteiger partial charge is 0.459 e. The lowest BCUT2D eigenvalue weighted by Gasteiger charge is -2.17. The summed E-state index contributed by atoms with van der Waals surface area (Å²) in [7, 11) is 0. The molecule has 0 fully saturated rings. The van der Waals surface area contributed by atoms with Crippen LogP contribution in [0.4, 0.5) is 35.1 Å². The van der Waals surface area contributed by atoms with E-state index in [0.717, 1.165) is 12.8 Å². The molecular formula is C7H10F8. The molecule has 0 atom stereocenters. The lowest BCUT2D eigenvalue weighted by atomic mass is 10.3. The number of alkyl halides is 8. The van der Waals surface area contributed by atoms with Crippen LogP contribution in [0.25, 0.3) is 0 Å². The predicted molar refractivity (Wildman–Crippen MR) is 37.9 cm³/mol. The van der Waals surface area contributed by atoms with Crippen LogP contribution in [0.3, 0.4) is 0 Å². The molecule has 0 unspecified atom stereocenters. The zero-order chi connectivity index (χ0) is 12.7. The van der Waals surface area contributed by atoms with Gasteiger partial charge in [0.2, 0.25) is 0 Å². The van der Waals surface area contributed by atoms with Gasteiger partial charge in [-0.05, 0) is 6.42 Å². The fourth-order valence-corrected chi connectivity index (χ4v) is 0.257. The molecule has 8 heteroatoms. The van der Waals surface area contributed by atoms with Gasteiger partial charge in [0.05, 0.1) is 6.67 Å². The molecule has 0 heterocycles. The average molecular weight is 246 g/mol. The van der Waals surface area contributed by atoms with Crippen molar-refractivity contribution in [3.63, 3.8) is 0 Å². The van der Waals surface area contributed by atoms with E-state index in [1.165, 1.54) is 0 Å². The summed E-state index contributed by atoms with van der Waals surface area (Å²) < 4.78 is 87.6. The van der Waals surface area contributed by atoms with Crippen LogP contribution in [0.1, 0.15) is 19.8 Å². The summed E-state index contributed by atoms with van der Waals surface area (Å²) in [5, 5.41) is 0. The molecule has 0 radical (unpaired) electrons. The molecule has 0 rings (SSSR count). The third kappa shape index (κ3) is 6.51. The van der Waals surface area contributed by atoms with Crippen molar-refractivity contribution >= 4 is 0 Å². The summed E-state index contributed by atoms with van der Waals surface area (Å²) in [4.78, 5) is 0. The summed E-state index contributed by atoms with van der Waals surface area (Å²) in [5.74, 6) is -5.90. The van der Waals surface area contributed by atoms with Crippen LogP contribution in [0.5, 0.6) is 0 Å². The van der Waals surface area contributed by atoms with Gasteiger partial charge < -0.3 is 0 Å². The van der Waals surface area contributed by atoms with Gasteiger partial charge in [-0.3, -0.25) is 4.39 Å². The topological polar surface area (TPSA) is 0 Å². The standard InChI is InChI=1S/C4H9F.C3HF7/c1-2-3-4-5;4-1(5)2(6,7)3(8,9)10/h2-4H2,1H3;1H. The van der Waals surface area contributed by atoms with Crippen molar-refractivity contribution in [3.8, 4) is 0 Å². The van der Waals surface area contributed by atoms with E-state index in [-0.39, 0.29) is 6.67 Å². The predicted octanol–water partition coefficient (Wildman–Crippen LogP) is 4.21. The van der Waals surface area contributed by atoms with Crippen molar-refractivity contribution in [1.82, 2.24) is 0 Å². The van der Waals surface area contributed by atoms with E-state index in [2.05, 4.69) is 0 Å². The average Bonchev–Trinajstić information content (AvgIpc) is 2.04. The SMILES string of the molecule is CCCCF.FC(F)C(F)(F)C(F)(F)F. The molecular weight excluding hydrogens is 236 g/mol. The molecule has 0 aliphatic carbocycles. The maximum Gasteiger partial charge on any atom is 0.459 e. The third-order valence-corrected chi connectivity index (χ3v) is 1.14. The van der Waals surface area contributed by atoms with Gasteiger partial charge in [-0.2, -0.15) is 22.0 Å². The van der Waals surface area contributed by atoms with Gasteiger partial charge in [0.25, 0.3) is 0 Å². The number of hydrogen-bond donors (Lipinski definition) is 0. The van der Waals surface area contributed by atoms with Crippen LogP contribution >= 0.6 is 0 Å². The molecule has 0 saturated heterocycles. The van der Waals surface area contributed by atoms with E-state index < -0.39 is 18.5 Å². The lowest BCUT2D eigenvalue weighted by Crippen LogP contribution is -2.42. The van der Waals surface area contributed by atoms with Crippen LogP contribution < -0.4 is 0 Å². The van der Waals surface area contributed by atoms with Crippen molar-refractivity contribution in [2.45, 2.75) is 38.3 Å². The monoisotopic (exact) mass is 246 g/mol. The molecule has 0 nitrogen and oxygen atoms in total.